The summed E-state index contributed by atoms with van der Waals surface area (Å²) in [5.41, 5.74) is 3.80. The fourth-order valence-electron chi connectivity index (χ4n) is 2.87. The Morgan fingerprint density at radius 3 is 2.04 bits per heavy atom. The summed E-state index contributed by atoms with van der Waals surface area (Å²) in [5.74, 6) is 0.660. The summed E-state index contributed by atoms with van der Waals surface area (Å²) in [6.07, 6.45) is 5.36. The molecule has 128 valence electrons. The molecule has 0 fully saturated rings. The van der Waals surface area contributed by atoms with Gasteiger partial charge in [0.05, 0.1) is 18.8 Å². The lowest BCUT2D eigenvalue weighted by Crippen LogP contribution is -1.89. The summed E-state index contributed by atoms with van der Waals surface area (Å²) in [4.78, 5) is 20.8. The third kappa shape index (κ3) is 3.88. The Bertz CT molecular complexity index is 823. The summed E-state index contributed by atoms with van der Waals surface area (Å²) in [5, 5.41) is 8.50. The molecule has 5 nitrogen and oxygen atoms in total. The highest BCUT2D eigenvalue weighted by Crippen LogP contribution is 2.30. The molecule has 0 radical (unpaired) electrons. The number of fused-ring (bicyclic) bond motifs is 2. The van der Waals surface area contributed by atoms with Crippen LogP contribution in [0.25, 0.3) is 6.08 Å². The van der Waals surface area contributed by atoms with Crippen molar-refractivity contribution in [1.82, 2.24) is 0 Å². The van der Waals surface area contributed by atoms with E-state index in [1.165, 1.54) is 0 Å². The minimum Gasteiger partial charge on any atom is -0.492 e. The van der Waals surface area contributed by atoms with Crippen LogP contribution in [0.15, 0.2) is 42.5 Å². The maximum atomic E-state index is 10.5. The van der Waals surface area contributed by atoms with Gasteiger partial charge in [-0.2, -0.15) is 0 Å². The molecule has 0 bridgehead atoms. The number of hydrogen-bond donors (Lipinski definition) is 1. The first-order valence-electron chi connectivity index (χ1n) is 8.04. The zero-order valence-electron chi connectivity index (χ0n) is 13.6. The van der Waals surface area contributed by atoms with E-state index in [4.69, 9.17) is 14.6 Å². The van der Waals surface area contributed by atoms with Gasteiger partial charge in [0.15, 0.2) is 6.29 Å². The maximum Gasteiger partial charge on any atom is 0.328 e. The van der Waals surface area contributed by atoms with Crippen molar-refractivity contribution in [2.24, 2.45) is 0 Å². The van der Waals surface area contributed by atoms with Crippen LogP contribution in [0.3, 0.4) is 0 Å². The molecule has 0 saturated carbocycles. The highest BCUT2D eigenvalue weighted by molar-refractivity contribution is 5.86. The van der Waals surface area contributed by atoms with Crippen molar-refractivity contribution in [2.45, 2.75) is 12.8 Å². The van der Waals surface area contributed by atoms with Gasteiger partial charge in [-0.3, -0.25) is 4.79 Å². The molecule has 2 heterocycles. The average molecular weight is 338 g/mol. The number of para-hydroxylation sites is 2. The number of ether oxygens (including phenoxy) is 2. The van der Waals surface area contributed by atoms with Gasteiger partial charge < -0.3 is 14.6 Å². The Kier molecular flexibility index (Phi) is 5.14. The van der Waals surface area contributed by atoms with Crippen molar-refractivity contribution in [3.05, 3.63) is 64.7 Å². The van der Waals surface area contributed by atoms with Gasteiger partial charge in [0, 0.05) is 24.5 Å². The van der Waals surface area contributed by atoms with E-state index < -0.39 is 5.97 Å². The fourth-order valence-corrected chi connectivity index (χ4v) is 2.87. The van der Waals surface area contributed by atoms with Gasteiger partial charge in [0.1, 0.15) is 11.5 Å². The molecule has 0 spiro atoms. The minimum atomic E-state index is -0.944. The molecule has 4 rings (SSSR count). The van der Waals surface area contributed by atoms with Crippen LogP contribution in [0.5, 0.6) is 11.5 Å². The van der Waals surface area contributed by atoms with E-state index in [-0.39, 0.29) is 0 Å². The lowest BCUT2D eigenvalue weighted by Gasteiger charge is -2.02. The zero-order valence-corrected chi connectivity index (χ0v) is 13.6. The number of carboxylic acid groups (broad SMARTS) is 1. The van der Waals surface area contributed by atoms with Crippen LogP contribution in [0.1, 0.15) is 27.0 Å². The SMILES string of the molecule is O=C(O)/C=C/c1cccc2c1OCC2.O=Cc1cccc2c1OCC2. The Balaban J connectivity index is 0.000000150. The number of carbonyl (C=O) groups is 2. The second kappa shape index (κ2) is 7.66. The van der Waals surface area contributed by atoms with Crippen molar-refractivity contribution in [2.75, 3.05) is 13.2 Å². The summed E-state index contributed by atoms with van der Waals surface area (Å²) in [6, 6.07) is 11.4. The van der Waals surface area contributed by atoms with Crippen LogP contribution in [0.4, 0.5) is 0 Å². The van der Waals surface area contributed by atoms with Gasteiger partial charge in [-0.15, -0.1) is 0 Å². The van der Waals surface area contributed by atoms with Gasteiger partial charge in [-0.05, 0) is 23.3 Å². The van der Waals surface area contributed by atoms with Crippen molar-refractivity contribution < 1.29 is 24.2 Å². The Hall–Kier alpha value is -3.08. The molecule has 2 aromatic rings. The average Bonchev–Trinajstić information content (AvgIpc) is 3.29. The van der Waals surface area contributed by atoms with Gasteiger partial charge in [-0.1, -0.05) is 30.3 Å². The predicted octanol–water partition coefficient (Wildman–Crippen LogP) is 3.15. The molecule has 2 aliphatic heterocycles. The third-order valence-corrected chi connectivity index (χ3v) is 4.02. The fraction of sp³-hybridized carbons (Fsp3) is 0.200. The number of hydrogen-bond acceptors (Lipinski definition) is 4. The molecule has 0 aliphatic carbocycles. The molecule has 0 atom stereocenters. The normalized spacial score (nSPS) is 13.9. The van der Waals surface area contributed by atoms with Crippen LogP contribution in [-0.4, -0.2) is 30.6 Å². The van der Waals surface area contributed by atoms with Gasteiger partial charge in [-0.25, -0.2) is 4.79 Å². The summed E-state index contributed by atoms with van der Waals surface area (Å²) >= 11 is 0. The monoisotopic (exact) mass is 338 g/mol. The molecule has 25 heavy (non-hydrogen) atoms. The molecule has 2 aromatic carbocycles. The predicted molar refractivity (Wildman–Crippen MR) is 93.3 cm³/mol. The maximum absolute atomic E-state index is 10.5. The number of benzene rings is 2. The lowest BCUT2D eigenvalue weighted by molar-refractivity contribution is -0.131. The molecular formula is C20H18O5. The van der Waals surface area contributed by atoms with Crippen molar-refractivity contribution in [3.63, 3.8) is 0 Å². The van der Waals surface area contributed by atoms with E-state index in [2.05, 4.69) is 0 Å². The van der Waals surface area contributed by atoms with E-state index in [0.29, 0.717) is 18.8 Å². The number of aliphatic carboxylic acids is 1. The summed E-state index contributed by atoms with van der Waals surface area (Å²) < 4.78 is 10.7. The highest BCUT2D eigenvalue weighted by atomic mass is 16.5. The molecule has 1 N–H and O–H groups in total. The number of rotatable bonds is 3. The van der Waals surface area contributed by atoms with E-state index in [1.54, 1.807) is 12.1 Å². The molecular weight excluding hydrogens is 320 g/mol. The Morgan fingerprint density at radius 2 is 1.48 bits per heavy atom. The smallest absolute Gasteiger partial charge is 0.328 e. The number of carbonyl (C=O) groups excluding carboxylic acids is 1. The van der Waals surface area contributed by atoms with E-state index in [0.717, 1.165) is 53.4 Å². The first-order chi connectivity index (χ1) is 12.2. The lowest BCUT2D eigenvalue weighted by atomic mass is 10.1. The first-order valence-corrected chi connectivity index (χ1v) is 8.04. The largest absolute Gasteiger partial charge is 0.492 e. The van der Waals surface area contributed by atoms with Crippen LogP contribution in [-0.2, 0) is 17.6 Å². The quantitative estimate of drug-likeness (QED) is 0.687. The molecule has 0 amide bonds. The van der Waals surface area contributed by atoms with Gasteiger partial charge in [0.25, 0.3) is 0 Å². The molecule has 0 saturated heterocycles. The number of aldehydes is 1. The standard InChI is InChI=1S/C11H10O3.C9H8O2/c12-10(13)5-4-8-2-1-3-9-6-7-14-11(8)9;10-6-8-3-1-2-7-4-5-11-9(7)8/h1-5H,6-7H2,(H,12,13);1-3,6H,4-5H2/b5-4+;. The minimum absolute atomic E-state index is 0.667. The van der Waals surface area contributed by atoms with Crippen LogP contribution in [0.2, 0.25) is 0 Å². The second-order valence-electron chi connectivity index (χ2n) is 5.66. The van der Waals surface area contributed by atoms with Crippen molar-refractivity contribution >= 4 is 18.3 Å². The molecule has 0 unspecified atom stereocenters. The van der Waals surface area contributed by atoms with Crippen molar-refractivity contribution in [1.29, 1.82) is 0 Å². The Morgan fingerprint density at radius 1 is 0.920 bits per heavy atom. The van der Waals surface area contributed by atoms with Crippen molar-refractivity contribution in [3.8, 4) is 11.5 Å². The highest BCUT2D eigenvalue weighted by Gasteiger charge is 2.15. The van der Waals surface area contributed by atoms with E-state index in [9.17, 15) is 9.59 Å². The Labute approximate surface area is 145 Å². The summed E-state index contributed by atoms with van der Waals surface area (Å²) in [6.45, 7) is 1.40. The number of carboxylic acids is 1. The first kappa shape index (κ1) is 16.8. The van der Waals surface area contributed by atoms with Crippen LogP contribution < -0.4 is 9.47 Å². The zero-order chi connectivity index (χ0) is 17.6. The second-order valence-corrected chi connectivity index (χ2v) is 5.66. The third-order valence-electron chi connectivity index (χ3n) is 4.02. The topological polar surface area (TPSA) is 72.8 Å². The molecule has 0 aromatic heterocycles. The van der Waals surface area contributed by atoms with E-state index in [1.807, 2.05) is 30.3 Å². The van der Waals surface area contributed by atoms with Crippen LogP contribution in [0, 0.1) is 0 Å². The van der Waals surface area contributed by atoms with Crippen LogP contribution >= 0.6 is 0 Å². The molecule has 2 aliphatic rings. The van der Waals surface area contributed by atoms with Gasteiger partial charge in [0.2, 0.25) is 0 Å². The van der Waals surface area contributed by atoms with E-state index >= 15 is 0 Å². The van der Waals surface area contributed by atoms with Gasteiger partial charge >= 0.3 is 5.97 Å². The molecule has 5 heteroatoms. The summed E-state index contributed by atoms with van der Waals surface area (Å²) in [7, 11) is 0.